The van der Waals surface area contributed by atoms with Gasteiger partial charge in [0.25, 0.3) is 11.6 Å². The highest BCUT2D eigenvalue weighted by molar-refractivity contribution is 7.15. The molecule has 0 unspecified atom stereocenters. The van der Waals surface area contributed by atoms with Gasteiger partial charge in [-0.05, 0) is 35.9 Å². The monoisotopic (exact) mass is 518 g/mol. The molecule has 9 nitrogen and oxygen atoms in total. The number of hydrogen-bond donors (Lipinski definition) is 2. The first kappa shape index (κ1) is 25.4. The molecule has 0 spiro atoms. The summed E-state index contributed by atoms with van der Waals surface area (Å²) in [5, 5.41) is 23.4. The summed E-state index contributed by atoms with van der Waals surface area (Å²) in [5.41, 5.74) is 2.44. The minimum Gasteiger partial charge on any atom is -0.493 e. The van der Waals surface area contributed by atoms with Crippen LogP contribution in [0.25, 0.3) is 21.6 Å². The molecular weight excluding hydrogens is 496 g/mol. The third-order valence-corrected chi connectivity index (χ3v) is 6.66. The number of anilines is 1. The van der Waals surface area contributed by atoms with Gasteiger partial charge in [-0.2, -0.15) is 0 Å². The zero-order valence-corrected chi connectivity index (χ0v) is 20.7. The third-order valence-electron chi connectivity index (χ3n) is 5.54. The molecule has 0 aliphatic carbocycles. The predicted molar refractivity (Wildman–Crippen MR) is 141 cm³/mol. The normalized spacial score (nSPS) is 10.5. The summed E-state index contributed by atoms with van der Waals surface area (Å²) in [6.45, 7) is 0. The van der Waals surface area contributed by atoms with E-state index in [0.717, 1.165) is 10.4 Å². The number of rotatable bonds is 9. The molecule has 2 N–H and O–H groups in total. The number of amides is 1. The van der Waals surface area contributed by atoms with Crippen molar-refractivity contribution in [2.24, 2.45) is 0 Å². The van der Waals surface area contributed by atoms with Crippen molar-refractivity contribution in [3.8, 4) is 33.1 Å². The second kappa shape index (κ2) is 10.9. The average Bonchev–Trinajstić information content (AvgIpc) is 3.35. The van der Waals surface area contributed by atoms with Gasteiger partial charge in [0.1, 0.15) is 0 Å². The number of benzene rings is 3. The Morgan fingerprint density at radius 1 is 0.973 bits per heavy atom. The maximum Gasteiger partial charge on any atom is 0.308 e. The van der Waals surface area contributed by atoms with E-state index in [1.165, 1.54) is 37.7 Å². The lowest BCUT2D eigenvalue weighted by Crippen LogP contribution is -2.12. The van der Waals surface area contributed by atoms with E-state index in [9.17, 15) is 19.7 Å². The van der Waals surface area contributed by atoms with Crippen LogP contribution in [0.15, 0.2) is 72.8 Å². The Morgan fingerprint density at radius 2 is 1.76 bits per heavy atom. The number of aliphatic carboxylic acids is 1. The summed E-state index contributed by atoms with van der Waals surface area (Å²) >= 11 is 1.35. The molecule has 0 fully saturated rings. The lowest BCUT2D eigenvalue weighted by atomic mass is 10.0. The van der Waals surface area contributed by atoms with Gasteiger partial charge in [0.05, 0.1) is 31.6 Å². The van der Waals surface area contributed by atoms with E-state index in [4.69, 9.17) is 14.6 Å². The summed E-state index contributed by atoms with van der Waals surface area (Å²) in [6.07, 6.45) is -0.0715. The number of carboxylic acids is 1. The zero-order chi connectivity index (χ0) is 26.5. The number of nitrogens with zero attached hydrogens (tertiary/aromatic N) is 1. The molecule has 188 valence electrons. The Balaban J connectivity index is 1.67. The number of methoxy groups -OCH3 is 2. The first-order valence-corrected chi connectivity index (χ1v) is 11.8. The van der Waals surface area contributed by atoms with Gasteiger partial charge in [-0.15, -0.1) is 11.3 Å². The fourth-order valence-electron chi connectivity index (χ4n) is 3.87. The van der Waals surface area contributed by atoms with Crippen LogP contribution in [0.2, 0.25) is 0 Å². The largest absolute Gasteiger partial charge is 0.493 e. The predicted octanol–water partition coefficient (Wildman–Crippen LogP) is 5.89. The van der Waals surface area contributed by atoms with Crippen molar-refractivity contribution in [2.45, 2.75) is 6.42 Å². The summed E-state index contributed by atoms with van der Waals surface area (Å²) in [6, 6.07) is 20.2. The number of nitro groups is 1. The van der Waals surface area contributed by atoms with Crippen molar-refractivity contribution in [1.82, 2.24) is 0 Å². The molecule has 0 atom stereocenters. The zero-order valence-electron chi connectivity index (χ0n) is 19.9. The summed E-state index contributed by atoms with van der Waals surface area (Å²) in [4.78, 5) is 36.7. The lowest BCUT2D eigenvalue weighted by molar-refractivity contribution is -0.384. The van der Waals surface area contributed by atoms with Crippen molar-refractivity contribution in [2.75, 3.05) is 19.5 Å². The number of hydrogen-bond acceptors (Lipinski definition) is 7. The molecule has 0 saturated carbocycles. The van der Waals surface area contributed by atoms with E-state index >= 15 is 0 Å². The van der Waals surface area contributed by atoms with Crippen LogP contribution < -0.4 is 14.8 Å². The number of nitro benzene ring substituents is 1. The number of non-ortho nitro benzene ring substituents is 1. The SMILES string of the molecule is COc1cc([N+](=O)[O-])cc(-c2cccc(C(=O)Nc3ccccc3-c3ccc(CC(=O)O)s3)c2)c1OC. The van der Waals surface area contributed by atoms with Crippen LogP contribution in [-0.2, 0) is 11.2 Å². The minimum atomic E-state index is -0.909. The number of thiophene rings is 1. The second-order valence-electron chi connectivity index (χ2n) is 7.90. The van der Waals surface area contributed by atoms with Gasteiger partial charge < -0.3 is 19.9 Å². The average molecular weight is 519 g/mol. The van der Waals surface area contributed by atoms with E-state index in [1.54, 1.807) is 42.5 Å². The standard InChI is InChI=1S/C27H22N2O7S/c1-35-23-14-18(29(33)34)13-21(26(23)36-2)16-6-5-7-17(12-16)27(32)28-22-9-4-3-8-20(22)24-11-10-19(37-24)15-25(30)31/h3-14H,15H2,1-2H3,(H,28,32)(H,30,31). The highest BCUT2D eigenvalue weighted by Crippen LogP contribution is 2.41. The topological polar surface area (TPSA) is 128 Å². The molecule has 10 heteroatoms. The molecule has 1 amide bonds. The molecule has 0 bridgehead atoms. The van der Waals surface area contributed by atoms with E-state index in [2.05, 4.69) is 5.32 Å². The molecule has 1 aromatic heterocycles. The van der Waals surface area contributed by atoms with E-state index in [1.807, 2.05) is 18.2 Å². The second-order valence-corrected chi connectivity index (χ2v) is 9.07. The van der Waals surface area contributed by atoms with Crippen LogP contribution >= 0.6 is 11.3 Å². The maximum atomic E-state index is 13.2. The highest BCUT2D eigenvalue weighted by Gasteiger charge is 2.20. The van der Waals surface area contributed by atoms with Gasteiger partial charge in [-0.25, -0.2) is 0 Å². The molecule has 1 heterocycles. The van der Waals surface area contributed by atoms with E-state index in [-0.39, 0.29) is 23.8 Å². The molecule has 37 heavy (non-hydrogen) atoms. The number of para-hydroxylation sites is 1. The van der Waals surface area contributed by atoms with Crippen molar-refractivity contribution < 1.29 is 29.1 Å². The smallest absolute Gasteiger partial charge is 0.308 e. The lowest BCUT2D eigenvalue weighted by Gasteiger charge is -2.14. The number of nitrogens with one attached hydrogen (secondary N) is 1. The fraction of sp³-hybridized carbons (Fsp3) is 0.111. The fourth-order valence-corrected chi connectivity index (χ4v) is 4.90. The first-order chi connectivity index (χ1) is 17.8. The molecule has 4 aromatic rings. The van der Waals surface area contributed by atoms with E-state index in [0.29, 0.717) is 33.0 Å². The van der Waals surface area contributed by atoms with Gasteiger partial charge in [0.15, 0.2) is 11.5 Å². The molecule has 4 rings (SSSR count). The molecule has 0 radical (unpaired) electrons. The van der Waals surface area contributed by atoms with Crippen molar-refractivity contribution in [3.63, 3.8) is 0 Å². The van der Waals surface area contributed by atoms with Gasteiger partial charge >= 0.3 is 5.97 Å². The van der Waals surface area contributed by atoms with Crippen molar-refractivity contribution in [3.05, 3.63) is 93.4 Å². The Labute approximate surface area is 216 Å². The van der Waals surface area contributed by atoms with Crippen LogP contribution in [0.5, 0.6) is 11.5 Å². The van der Waals surface area contributed by atoms with Crippen LogP contribution in [-0.4, -0.2) is 36.1 Å². The van der Waals surface area contributed by atoms with Crippen molar-refractivity contribution >= 4 is 34.6 Å². The van der Waals surface area contributed by atoms with Gasteiger partial charge in [-0.3, -0.25) is 19.7 Å². The molecule has 0 saturated heterocycles. The molecule has 0 aliphatic heterocycles. The molecular formula is C27H22N2O7S. The van der Waals surface area contributed by atoms with Crippen LogP contribution in [0.4, 0.5) is 11.4 Å². The number of ether oxygens (including phenoxy) is 2. The van der Waals surface area contributed by atoms with Crippen LogP contribution in [0.3, 0.4) is 0 Å². The molecule has 3 aromatic carbocycles. The maximum absolute atomic E-state index is 13.2. The van der Waals surface area contributed by atoms with Crippen LogP contribution in [0.1, 0.15) is 15.2 Å². The summed E-state index contributed by atoms with van der Waals surface area (Å²) in [7, 11) is 2.83. The minimum absolute atomic E-state index is 0.0715. The summed E-state index contributed by atoms with van der Waals surface area (Å²) in [5.74, 6) is -0.777. The Hall–Kier alpha value is -4.70. The summed E-state index contributed by atoms with van der Waals surface area (Å²) < 4.78 is 10.7. The number of carboxylic acid groups (broad SMARTS) is 1. The number of carbonyl (C=O) groups is 2. The third kappa shape index (κ3) is 5.60. The van der Waals surface area contributed by atoms with Crippen LogP contribution in [0, 0.1) is 10.1 Å². The number of carbonyl (C=O) groups excluding carboxylic acids is 1. The Kier molecular flexibility index (Phi) is 7.49. The van der Waals surface area contributed by atoms with Gasteiger partial charge in [-0.1, -0.05) is 30.3 Å². The Bertz CT molecular complexity index is 1500. The van der Waals surface area contributed by atoms with E-state index < -0.39 is 10.9 Å². The molecule has 0 aliphatic rings. The highest BCUT2D eigenvalue weighted by atomic mass is 32.1. The Morgan fingerprint density at radius 3 is 2.46 bits per heavy atom. The van der Waals surface area contributed by atoms with Gasteiger partial charge in [0.2, 0.25) is 0 Å². The van der Waals surface area contributed by atoms with Crippen molar-refractivity contribution in [1.29, 1.82) is 0 Å². The van der Waals surface area contributed by atoms with Gasteiger partial charge in [0, 0.05) is 38.2 Å². The first-order valence-electron chi connectivity index (χ1n) is 11.0. The quantitative estimate of drug-likeness (QED) is 0.209.